The average Bonchev–Trinajstić information content (AvgIpc) is 2.08. The van der Waals surface area contributed by atoms with Crippen molar-refractivity contribution >= 4 is 11.8 Å². The first kappa shape index (κ1) is 12.6. The number of nitrogens with one attached hydrogen (secondary N) is 1. The molecular formula is C13H19NO2. The van der Waals surface area contributed by atoms with Gasteiger partial charge >= 0.3 is 6.09 Å². The Morgan fingerprint density at radius 3 is 2.31 bits per heavy atom. The molecule has 0 unspecified atom stereocenters. The van der Waals surface area contributed by atoms with Crippen molar-refractivity contribution in [3.05, 3.63) is 29.3 Å². The van der Waals surface area contributed by atoms with Crippen LogP contribution in [0.3, 0.4) is 0 Å². The Kier molecular flexibility index (Phi) is 3.58. The summed E-state index contributed by atoms with van der Waals surface area (Å²) >= 11 is 0. The van der Waals surface area contributed by atoms with E-state index in [1.165, 1.54) is 5.56 Å². The van der Waals surface area contributed by atoms with Crippen LogP contribution in [0.2, 0.25) is 0 Å². The number of hydrogen-bond donors (Lipinski definition) is 1. The van der Waals surface area contributed by atoms with Gasteiger partial charge in [0.15, 0.2) is 0 Å². The molecule has 1 aromatic rings. The minimum atomic E-state index is -0.468. The van der Waals surface area contributed by atoms with Gasteiger partial charge in [-0.2, -0.15) is 0 Å². The lowest BCUT2D eigenvalue weighted by Gasteiger charge is -2.19. The zero-order valence-electron chi connectivity index (χ0n) is 10.5. The zero-order valence-corrected chi connectivity index (χ0v) is 10.5. The topological polar surface area (TPSA) is 38.3 Å². The molecule has 3 nitrogen and oxygen atoms in total. The monoisotopic (exact) mass is 221 g/mol. The average molecular weight is 221 g/mol. The predicted octanol–water partition coefficient (Wildman–Crippen LogP) is 3.65. The van der Waals surface area contributed by atoms with Gasteiger partial charge in [-0.05, 0) is 57.9 Å². The van der Waals surface area contributed by atoms with Crippen LogP contribution in [-0.2, 0) is 4.74 Å². The van der Waals surface area contributed by atoms with Crippen molar-refractivity contribution in [3.8, 4) is 0 Å². The quantitative estimate of drug-likeness (QED) is 0.786. The lowest BCUT2D eigenvalue weighted by molar-refractivity contribution is 0.0636. The summed E-state index contributed by atoms with van der Waals surface area (Å²) in [6.07, 6.45) is -0.421. The van der Waals surface area contributed by atoms with Gasteiger partial charge in [-0.15, -0.1) is 0 Å². The Morgan fingerprint density at radius 1 is 1.19 bits per heavy atom. The van der Waals surface area contributed by atoms with Gasteiger partial charge in [0.25, 0.3) is 0 Å². The molecule has 0 heterocycles. The fourth-order valence-electron chi connectivity index (χ4n) is 1.24. The van der Waals surface area contributed by atoms with E-state index in [9.17, 15) is 4.79 Å². The van der Waals surface area contributed by atoms with E-state index in [4.69, 9.17) is 4.74 Å². The highest BCUT2D eigenvalue weighted by atomic mass is 16.6. The standard InChI is InChI=1S/C13H19NO2/c1-9-6-7-11(8-10(9)2)14-12(15)16-13(3,4)5/h6-8H,1-5H3,(H,14,15). The largest absolute Gasteiger partial charge is 0.444 e. The molecule has 0 aliphatic heterocycles. The number of ether oxygens (including phenoxy) is 1. The van der Waals surface area contributed by atoms with Crippen molar-refractivity contribution in [2.45, 2.75) is 40.2 Å². The SMILES string of the molecule is Cc1ccc(NC(=O)OC(C)(C)C)cc1C. The highest BCUT2D eigenvalue weighted by molar-refractivity contribution is 5.85. The molecule has 3 heteroatoms. The molecule has 0 spiro atoms. The van der Waals surface area contributed by atoms with Gasteiger partial charge in [0, 0.05) is 5.69 Å². The zero-order chi connectivity index (χ0) is 12.3. The van der Waals surface area contributed by atoms with Gasteiger partial charge in [-0.1, -0.05) is 6.07 Å². The summed E-state index contributed by atoms with van der Waals surface area (Å²) in [7, 11) is 0. The molecule has 1 aromatic carbocycles. The third kappa shape index (κ3) is 3.93. The lowest BCUT2D eigenvalue weighted by atomic mass is 10.1. The van der Waals surface area contributed by atoms with Crippen LogP contribution < -0.4 is 5.32 Å². The maximum Gasteiger partial charge on any atom is 0.412 e. The van der Waals surface area contributed by atoms with Crippen LogP contribution in [0.1, 0.15) is 31.9 Å². The number of benzene rings is 1. The molecule has 0 fully saturated rings. The van der Waals surface area contributed by atoms with Crippen LogP contribution in [0.15, 0.2) is 18.2 Å². The number of amides is 1. The van der Waals surface area contributed by atoms with Gasteiger partial charge in [-0.3, -0.25) is 5.32 Å². The molecule has 0 saturated heterocycles. The van der Waals surface area contributed by atoms with Gasteiger partial charge in [0.2, 0.25) is 0 Å². The molecule has 0 aliphatic rings. The summed E-state index contributed by atoms with van der Waals surface area (Å²) in [5.74, 6) is 0. The first-order chi connectivity index (χ1) is 7.28. The van der Waals surface area contributed by atoms with E-state index in [-0.39, 0.29) is 0 Å². The van der Waals surface area contributed by atoms with E-state index in [0.29, 0.717) is 0 Å². The second-order valence-electron chi connectivity index (χ2n) is 4.93. The fraction of sp³-hybridized carbons (Fsp3) is 0.462. The number of aryl methyl sites for hydroxylation is 2. The maximum atomic E-state index is 11.5. The smallest absolute Gasteiger partial charge is 0.412 e. The summed E-state index contributed by atoms with van der Waals surface area (Å²) in [5, 5.41) is 2.71. The third-order valence-corrected chi connectivity index (χ3v) is 2.15. The molecule has 0 bridgehead atoms. The summed E-state index contributed by atoms with van der Waals surface area (Å²) in [4.78, 5) is 11.5. The number of rotatable bonds is 1. The molecule has 0 saturated carbocycles. The predicted molar refractivity (Wildman–Crippen MR) is 65.8 cm³/mol. The number of anilines is 1. The van der Waals surface area contributed by atoms with Gasteiger partial charge < -0.3 is 4.74 Å². The molecule has 1 amide bonds. The van der Waals surface area contributed by atoms with E-state index in [2.05, 4.69) is 5.32 Å². The molecule has 88 valence electrons. The summed E-state index contributed by atoms with van der Waals surface area (Å²) < 4.78 is 5.16. The minimum Gasteiger partial charge on any atom is -0.444 e. The van der Waals surface area contributed by atoms with Crippen molar-refractivity contribution in [3.63, 3.8) is 0 Å². The minimum absolute atomic E-state index is 0.421. The molecule has 1 N–H and O–H groups in total. The molecule has 1 rings (SSSR count). The third-order valence-electron chi connectivity index (χ3n) is 2.15. The Morgan fingerprint density at radius 2 is 1.81 bits per heavy atom. The van der Waals surface area contributed by atoms with Gasteiger partial charge in [0.1, 0.15) is 5.60 Å². The van der Waals surface area contributed by atoms with Crippen molar-refractivity contribution in [1.29, 1.82) is 0 Å². The maximum absolute atomic E-state index is 11.5. The summed E-state index contributed by atoms with van der Waals surface area (Å²) in [5.41, 5.74) is 2.64. The Labute approximate surface area is 96.8 Å². The Bertz CT molecular complexity index is 391. The highest BCUT2D eigenvalue weighted by Gasteiger charge is 2.16. The number of carbonyl (C=O) groups excluding carboxylic acids is 1. The van der Waals surface area contributed by atoms with E-state index in [1.54, 1.807) is 0 Å². The Balaban J connectivity index is 2.67. The van der Waals surface area contributed by atoms with E-state index >= 15 is 0 Å². The van der Waals surface area contributed by atoms with Crippen molar-refractivity contribution < 1.29 is 9.53 Å². The first-order valence-electron chi connectivity index (χ1n) is 5.35. The summed E-state index contributed by atoms with van der Waals surface area (Å²) in [6.45, 7) is 9.56. The molecule has 0 aromatic heterocycles. The fourth-order valence-corrected chi connectivity index (χ4v) is 1.24. The van der Waals surface area contributed by atoms with Crippen LogP contribution in [-0.4, -0.2) is 11.7 Å². The van der Waals surface area contributed by atoms with Crippen molar-refractivity contribution in [1.82, 2.24) is 0 Å². The highest BCUT2D eigenvalue weighted by Crippen LogP contribution is 2.15. The molecule has 0 atom stereocenters. The number of carbonyl (C=O) groups is 1. The normalized spacial score (nSPS) is 11.1. The van der Waals surface area contributed by atoms with Crippen molar-refractivity contribution in [2.75, 3.05) is 5.32 Å². The van der Waals surface area contributed by atoms with E-state index < -0.39 is 11.7 Å². The van der Waals surface area contributed by atoms with Crippen LogP contribution >= 0.6 is 0 Å². The Hall–Kier alpha value is -1.51. The number of hydrogen-bond acceptors (Lipinski definition) is 2. The molecule has 0 radical (unpaired) electrons. The van der Waals surface area contributed by atoms with Crippen LogP contribution in [0.25, 0.3) is 0 Å². The second-order valence-corrected chi connectivity index (χ2v) is 4.93. The first-order valence-corrected chi connectivity index (χ1v) is 5.35. The van der Waals surface area contributed by atoms with Crippen LogP contribution in [0.4, 0.5) is 10.5 Å². The summed E-state index contributed by atoms with van der Waals surface area (Å²) in [6, 6.07) is 5.77. The molecule has 16 heavy (non-hydrogen) atoms. The molecular weight excluding hydrogens is 202 g/mol. The van der Waals surface area contributed by atoms with E-state index in [0.717, 1.165) is 11.3 Å². The lowest BCUT2D eigenvalue weighted by Crippen LogP contribution is -2.27. The van der Waals surface area contributed by atoms with Crippen LogP contribution in [0, 0.1) is 13.8 Å². The van der Waals surface area contributed by atoms with Crippen molar-refractivity contribution in [2.24, 2.45) is 0 Å². The van der Waals surface area contributed by atoms with E-state index in [1.807, 2.05) is 52.8 Å². The van der Waals surface area contributed by atoms with Crippen LogP contribution in [0.5, 0.6) is 0 Å². The van der Waals surface area contributed by atoms with Gasteiger partial charge in [0.05, 0.1) is 0 Å². The van der Waals surface area contributed by atoms with Gasteiger partial charge in [-0.25, -0.2) is 4.79 Å². The molecule has 0 aliphatic carbocycles. The second kappa shape index (κ2) is 4.56.